The molecule has 29 heavy (non-hydrogen) atoms. The molecule has 2 atom stereocenters. The molecule has 0 radical (unpaired) electrons. The van der Waals surface area contributed by atoms with Crippen molar-refractivity contribution in [1.29, 1.82) is 0 Å². The summed E-state index contributed by atoms with van der Waals surface area (Å²) in [4.78, 5) is 41.2. The predicted octanol–water partition coefficient (Wildman–Crippen LogP) is 3.28. The monoisotopic (exact) mass is 399 g/mol. The van der Waals surface area contributed by atoms with Crippen molar-refractivity contribution >= 4 is 23.6 Å². The van der Waals surface area contributed by atoms with Crippen LogP contribution in [0.2, 0.25) is 0 Å². The molecule has 7 heteroatoms. The van der Waals surface area contributed by atoms with Gasteiger partial charge in [-0.1, -0.05) is 25.5 Å². The molecule has 1 aliphatic carbocycles. The number of amides is 3. The fourth-order valence-corrected chi connectivity index (χ4v) is 5.15. The third-order valence-corrected chi connectivity index (χ3v) is 7.05. The zero-order valence-corrected chi connectivity index (χ0v) is 16.9. The van der Waals surface area contributed by atoms with E-state index in [9.17, 15) is 19.5 Å². The van der Waals surface area contributed by atoms with Crippen LogP contribution >= 0.6 is 0 Å². The van der Waals surface area contributed by atoms with Crippen LogP contribution in [0, 0.1) is 17.3 Å². The first kappa shape index (κ1) is 19.7. The first-order chi connectivity index (χ1) is 13.9. The topological polar surface area (TPSA) is 90.0 Å². The molecule has 2 saturated heterocycles. The van der Waals surface area contributed by atoms with Crippen LogP contribution < -0.4 is 5.32 Å². The molecular formula is C22H29N3O4. The quantitative estimate of drug-likeness (QED) is 0.816. The van der Waals surface area contributed by atoms with Gasteiger partial charge in [-0.15, -0.1) is 0 Å². The molecule has 2 heterocycles. The third kappa shape index (κ3) is 3.58. The Hall–Kier alpha value is -2.57. The highest BCUT2D eigenvalue weighted by Crippen LogP contribution is 2.49. The molecule has 0 aromatic heterocycles. The van der Waals surface area contributed by atoms with E-state index in [2.05, 4.69) is 12.2 Å². The Labute approximate surface area is 171 Å². The summed E-state index contributed by atoms with van der Waals surface area (Å²) in [5, 5.41) is 12.6. The molecule has 0 bridgehead atoms. The van der Waals surface area contributed by atoms with Gasteiger partial charge in [0.15, 0.2) is 0 Å². The van der Waals surface area contributed by atoms with E-state index in [-0.39, 0.29) is 24.4 Å². The van der Waals surface area contributed by atoms with Gasteiger partial charge in [0, 0.05) is 26.2 Å². The number of fused-ring (bicyclic) bond motifs is 1. The Balaban J connectivity index is 1.47. The molecule has 1 saturated carbocycles. The maximum absolute atomic E-state index is 13.0. The van der Waals surface area contributed by atoms with Crippen LogP contribution in [0.1, 0.15) is 49.4 Å². The van der Waals surface area contributed by atoms with Gasteiger partial charge in [-0.05, 0) is 49.7 Å². The summed E-state index contributed by atoms with van der Waals surface area (Å²) in [5.41, 5.74) is 0.169. The fraction of sp³-hybridized carbons (Fsp3) is 0.591. The van der Waals surface area contributed by atoms with Crippen molar-refractivity contribution in [3.63, 3.8) is 0 Å². The van der Waals surface area contributed by atoms with E-state index in [4.69, 9.17) is 0 Å². The third-order valence-electron chi connectivity index (χ3n) is 7.05. The highest BCUT2D eigenvalue weighted by Gasteiger charge is 2.55. The number of nitrogens with one attached hydrogen (secondary N) is 1. The van der Waals surface area contributed by atoms with E-state index in [0.29, 0.717) is 30.1 Å². The van der Waals surface area contributed by atoms with E-state index >= 15 is 0 Å². The van der Waals surface area contributed by atoms with Crippen LogP contribution in [0.3, 0.4) is 0 Å². The number of carboxylic acids is 1. The number of hydrogen-bond donors (Lipinski definition) is 2. The van der Waals surface area contributed by atoms with Crippen molar-refractivity contribution in [3.8, 4) is 0 Å². The van der Waals surface area contributed by atoms with Crippen LogP contribution in [0.15, 0.2) is 24.3 Å². The second-order valence-electron chi connectivity index (χ2n) is 8.88. The van der Waals surface area contributed by atoms with Crippen LogP contribution in [0.4, 0.5) is 10.5 Å². The zero-order valence-electron chi connectivity index (χ0n) is 16.9. The Morgan fingerprint density at radius 2 is 1.83 bits per heavy atom. The van der Waals surface area contributed by atoms with E-state index in [0.717, 1.165) is 38.8 Å². The molecule has 3 aliphatic rings. The maximum Gasteiger partial charge on any atom is 0.321 e. The molecule has 2 N–H and O–H groups in total. The average Bonchev–Trinajstić information content (AvgIpc) is 3.27. The van der Waals surface area contributed by atoms with Gasteiger partial charge in [-0.2, -0.15) is 0 Å². The number of anilines is 1. The molecule has 1 aromatic carbocycles. The van der Waals surface area contributed by atoms with Crippen LogP contribution in [0.25, 0.3) is 0 Å². The fourth-order valence-electron chi connectivity index (χ4n) is 5.15. The lowest BCUT2D eigenvalue weighted by Crippen LogP contribution is -2.40. The van der Waals surface area contributed by atoms with Crippen molar-refractivity contribution in [3.05, 3.63) is 29.8 Å². The summed E-state index contributed by atoms with van der Waals surface area (Å²) in [6.45, 7) is 4.36. The average molecular weight is 399 g/mol. The SMILES string of the molecule is CC1CCN(C(=O)c2ccccc2NC(=O)N2C[C@@H]3CCC[C@@]3(C(=O)O)C2)CC1. The van der Waals surface area contributed by atoms with Crippen molar-refractivity contribution in [2.75, 3.05) is 31.5 Å². The highest BCUT2D eigenvalue weighted by molar-refractivity contribution is 6.03. The minimum atomic E-state index is -0.808. The van der Waals surface area contributed by atoms with Crippen molar-refractivity contribution in [2.24, 2.45) is 17.3 Å². The molecule has 7 nitrogen and oxygen atoms in total. The summed E-state index contributed by atoms with van der Waals surface area (Å²) in [7, 11) is 0. The lowest BCUT2D eigenvalue weighted by Gasteiger charge is -2.31. The second kappa shape index (κ2) is 7.69. The number of rotatable bonds is 3. The van der Waals surface area contributed by atoms with Gasteiger partial charge in [-0.25, -0.2) is 4.79 Å². The normalized spacial score (nSPS) is 27.0. The molecule has 0 spiro atoms. The van der Waals surface area contributed by atoms with E-state index in [1.807, 2.05) is 4.90 Å². The predicted molar refractivity (Wildman–Crippen MR) is 109 cm³/mol. The summed E-state index contributed by atoms with van der Waals surface area (Å²) in [6.07, 6.45) is 4.36. The Bertz CT molecular complexity index is 818. The van der Waals surface area contributed by atoms with Gasteiger partial charge in [0.05, 0.1) is 16.7 Å². The number of para-hydroxylation sites is 1. The first-order valence-corrected chi connectivity index (χ1v) is 10.6. The second-order valence-corrected chi connectivity index (χ2v) is 8.88. The van der Waals surface area contributed by atoms with Crippen molar-refractivity contribution in [2.45, 2.75) is 39.0 Å². The van der Waals surface area contributed by atoms with Gasteiger partial charge in [0.2, 0.25) is 0 Å². The summed E-state index contributed by atoms with van der Waals surface area (Å²) < 4.78 is 0. The molecule has 156 valence electrons. The molecule has 2 aliphatic heterocycles. The van der Waals surface area contributed by atoms with Crippen molar-refractivity contribution < 1.29 is 19.5 Å². The molecular weight excluding hydrogens is 370 g/mol. The minimum Gasteiger partial charge on any atom is -0.481 e. The molecule has 0 unspecified atom stereocenters. The molecule has 4 rings (SSSR count). The van der Waals surface area contributed by atoms with Crippen LogP contribution in [0.5, 0.6) is 0 Å². The molecule has 3 fully saturated rings. The standard InChI is InChI=1S/C22H29N3O4/c1-15-8-11-24(12-9-15)19(26)17-6-2-3-7-18(17)23-21(29)25-13-16-5-4-10-22(16,14-25)20(27)28/h2-3,6-7,15-16H,4-5,8-14H2,1H3,(H,23,29)(H,27,28)/t16-,22+/m0/s1. The largest absolute Gasteiger partial charge is 0.481 e. The first-order valence-electron chi connectivity index (χ1n) is 10.6. The van der Waals surface area contributed by atoms with Gasteiger partial charge in [-0.3, -0.25) is 9.59 Å². The Morgan fingerprint density at radius 3 is 2.52 bits per heavy atom. The minimum absolute atomic E-state index is 0.0120. The van der Waals surface area contributed by atoms with E-state index < -0.39 is 11.4 Å². The number of carboxylic acid groups (broad SMARTS) is 1. The molecule has 1 aromatic rings. The highest BCUT2D eigenvalue weighted by atomic mass is 16.4. The number of hydrogen-bond acceptors (Lipinski definition) is 3. The van der Waals surface area contributed by atoms with Gasteiger partial charge in [0.1, 0.15) is 0 Å². The lowest BCUT2D eigenvalue weighted by molar-refractivity contribution is -0.149. The number of carbonyl (C=O) groups excluding carboxylic acids is 2. The molecule has 3 amide bonds. The number of benzene rings is 1. The van der Waals surface area contributed by atoms with Gasteiger partial charge < -0.3 is 20.2 Å². The van der Waals surface area contributed by atoms with Crippen molar-refractivity contribution in [1.82, 2.24) is 9.80 Å². The number of carbonyl (C=O) groups is 3. The zero-order chi connectivity index (χ0) is 20.6. The lowest BCUT2D eigenvalue weighted by atomic mass is 9.81. The maximum atomic E-state index is 13.0. The van der Waals surface area contributed by atoms with Crippen LogP contribution in [-0.2, 0) is 4.79 Å². The smallest absolute Gasteiger partial charge is 0.321 e. The number of piperidine rings is 1. The van der Waals surface area contributed by atoms with E-state index in [1.165, 1.54) is 0 Å². The summed E-state index contributed by atoms with van der Waals surface area (Å²) in [5.74, 6) is -0.221. The summed E-state index contributed by atoms with van der Waals surface area (Å²) >= 11 is 0. The van der Waals surface area contributed by atoms with Gasteiger partial charge >= 0.3 is 12.0 Å². The van der Waals surface area contributed by atoms with E-state index in [1.54, 1.807) is 29.2 Å². The number of likely N-dealkylation sites (tertiary alicyclic amines) is 2. The Kier molecular flexibility index (Phi) is 5.23. The summed E-state index contributed by atoms with van der Waals surface area (Å²) in [6, 6.07) is 6.75. The number of urea groups is 1. The van der Waals surface area contributed by atoms with Crippen LogP contribution in [-0.4, -0.2) is 59.0 Å². The van der Waals surface area contributed by atoms with Gasteiger partial charge in [0.25, 0.3) is 5.91 Å². The number of aliphatic carboxylic acids is 1. The number of nitrogens with zero attached hydrogens (tertiary/aromatic N) is 2. The Morgan fingerprint density at radius 1 is 1.10 bits per heavy atom.